The molecule has 0 radical (unpaired) electrons. The van der Waals surface area contributed by atoms with Crippen molar-refractivity contribution in [3.8, 4) is 0 Å². The predicted molar refractivity (Wildman–Crippen MR) is 112 cm³/mol. The van der Waals surface area contributed by atoms with Crippen molar-refractivity contribution < 1.29 is 14.3 Å². The van der Waals surface area contributed by atoms with Crippen molar-refractivity contribution >= 4 is 18.3 Å². The van der Waals surface area contributed by atoms with Crippen LogP contribution in [-0.2, 0) is 9.53 Å². The van der Waals surface area contributed by atoms with E-state index in [0.29, 0.717) is 13.2 Å². The molecule has 0 saturated carbocycles. The molecule has 10 nitrogen and oxygen atoms in total. The molecule has 2 amide bonds. The zero-order valence-corrected chi connectivity index (χ0v) is 17.2. The highest BCUT2D eigenvalue weighted by Crippen LogP contribution is 1.97. The number of amides is 2. The molecule has 0 aromatic carbocycles. The molecule has 0 aliphatic heterocycles. The van der Waals surface area contributed by atoms with Crippen molar-refractivity contribution in [2.75, 3.05) is 39.3 Å². The lowest BCUT2D eigenvalue weighted by atomic mass is 10.2. The number of ether oxygens (including phenoxy) is 1. The highest BCUT2D eigenvalue weighted by atomic mass is 16.5. The van der Waals surface area contributed by atoms with Gasteiger partial charge >= 0.3 is 6.09 Å². The second-order valence-corrected chi connectivity index (χ2v) is 6.71. The zero-order chi connectivity index (χ0) is 20.9. The lowest BCUT2D eigenvalue weighted by molar-refractivity contribution is -0.120. The van der Waals surface area contributed by atoms with Gasteiger partial charge in [-0.3, -0.25) is 4.79 Å². The van der Waals surface area contributed by atoms with Crippen LogP contribution in [0.1, 0.15) is 51.9 Å². The lowest BCUT2D eigenvalue weighted by Gasteiger charge is -2.09. The Morgan fingerprint density at radius 2 is 1.71 bits per heavy atom. The molecule has 8 N–H and O–H groups in total. The Bertz CT molecular complexity index is 420. The van der Waals surface area contributed by atoms with E-state index in [1.165, 1.54) is 6.34 Å². The Morgan fingerprint density at radius 3 is 2.43 bits per heavy atom. The van der Waals surface area contributed by atoms with Gasteiger partial charge in [-0.25, -0.2) is 4.79 Å². The van der Waals surface area contributed by atoms with Gasteiger partial charge in [-0.1, -0.05) is 12.8 Å². The number of hydrogen-bond acceptors (Lipinski definition) is 7. The normalized spacial score (nSPS) is 11.9. The standard InChI is InChI=1S/C18H39N7O3/c1-16(19)8-12-21-9-6-7-13-28-18(27)24-14-17(26)23-11-5-3-2-4-10-22-15-25-20/h15-16,21H,2-14,19-20H2,1H3,(H,22,25)(H,23,26)(H,24,27)/t16-/m1/s1. The van der Waals surface area contributed by atoms with E-state index in [1.807, 2.05) is 6.92 Å². The Balaban J connectivity index is 3.36. The molecule has 10 heteroatoms. The first kappa shape index (κ1) is 25.9. The van der Waals surface area contributed by atoms with Gasteiger partial charge in [0.15, 0.2) is 0 Å². The van der Waals surface area contributed by atoms with Crippen molar-refractivity contribution in [1.29, 1.82) is 0 Å². The van der Waals surface area contributed by atoms with Gasteiger partial charge in [0.2, 0.25) is 5.91 Å². The predicted octanol–water partition coefficient (Wildman–Crippen LogP) is -0.0121. The van der Waals surface area contributed by atoms with Crippen LogP contribution < -0.4 is 32.8 Å². The molecule has 0 saturated heterocycles. The fourth-order valence-electron chi connectivity index (χ4n) is 2.29. The van der Waals surface area contributed by atoms with Crippen LogP contribution in [0.4, 0.5) is 4.79 Å². The number of hydrogen-bond donors (Lipinski definition) is 6. The second kappa shape index (κ2) is 19.7. The first-order valence-electron chi connectivity index (χ1n) is 10.1. The molecule has 0 unspecified atom stereocenters. The first-order chi connectivity index (χ1) is 13.6. The van der Waals surface area contributed by atoms with Gasteiger partial charge in [0.05, 0.1) is 13.2 Å². The molecule has 164 valence electrons. The van der Waals surface area contributed by atoms with Crippen molar-refractivity contribution in [3.63, 3.8) is 0 Å². The fourth-order valence-corrected chi connectivity index (χ4v) is 2.29. The highest BCUT2D eigenvalue weighted by Gasteiger charge is 2.05. The number of unbranched alkanes of at least 4 members (excludes halogenated alkanes) is 4. The summed E-state index contributed by atoms with van der Waals surface area (Å²) in [7, 11) is 0. The molecule has 0 aliphatic carbocycles. The summed E-state index contributed by atoms with van der Waals surface area (Å²) in [6.45, 7) is 5.46. The van der Waals surface area contributed by atoms with Crippen LogP contribution >= 0.6 is 0 Å². The number of nitrogens with zero attached hydrogens (tertiary/aromatic N) is 1. The van der Waals surface area contributed by atoms with E-state index in [2.05, 4.69) is 26.4 Å². The minimum atomic E-state index is -0.561. The third-order valence-electron chi connectivity index (χ3n) is 3.89. The monoisotopic (exact) mass is 401 g/mol. The summed E-state index contributed by atoms with van der Waals surface area (Å²) >= 11 is 0. The summed E-state index contributed by atoms with van der Waals surface area (Å²) in [6.07, 6.45) is 7.57. The number of nitrogens with one attached hydrogen (secondary N) is 4. The van der Waals surface area contributed by atoms with Crippen LogP contribution in [0.15, 0.2) is 5.10 Å². The third-order valence-corrected chi connectivity index (χ3v) is 3.89. The molecular formula is C18H39N7O3. The molecular weight excluding hydrogens is 362 g/mol. The van der Waals surface area contributed by atoms with Crippen molar-refractivity contribution in [2.24, 2.45) is 16.7 Å². The van der Waals surface area contributed by atoms with E-state index in [1.54, 1.807) is 0 Å². The van der Waals surface area contributed by atoms with E-state index >= 15 is 0 Å². The van der Waals surface area contributed by atoms with E-state index < -0.39 is 6.09 Å². The van der Waals surface area contributed by atoms with E-state index in [9.17, 15) is 9.59 Å². The number of rotatable bonds is 18. The molecule has 0 fully saturated rings. The Hall–Kier alpha value is -2.07. The number of alkyl carbamates (subject to hydrolysis) is 1. The Morgan fingerprint density at radius 1 is 1.00 bits per heavy atom. The van der Waals surface area contributed by atoms with Crippen LogP contribution in [0, 0.1) is 0 Å². The quantitative estimate of drug-likeness (QED) is 0.0620. The average molecular weight is 402 g/mol. The second-order valence-electron chi connectivity index (χ2n) is 6.71. The van der Waals surface area contributed by atoms with Gasteiger partial charge in [0, 0.05) is 19.1 Å². The van der Waals surface area contributed by atoms with E-state index in [0.717, 1.165) is 64.6 Å². The molecule has 1 atom stereocenters. The maximum atomic E-state index is 11.6. The average Bonchev–Trinajstić information content (AvgIpc) is 2.66. The van der Waals surface area contributed by atoms with Crippen LogP contribution in [0.2, 0.25) is 0 Å². The largest absolute Gasteiger partial charge is 0.450 e. The third kappa shape index (κ3) is 20.2. The Kier molecular flexibility index (Phi) is 18.2. The smallest absolute Gasteiger partial charge is 0.407 e. The van der Waals surface area contributed by atoms with Gasteiger partial charge in [-0.15, -0.1) is 0 Å². The maximum absolute atomic E-state index is 11.6. The van der Waals surface area contributed by atoms with Crippen molar-refractivity contribution in [1.82, 2.24) is 21.3 Å². The number of nitrogens with two attached hydrogens (primary N) is 2. The summed E-state index contributed by atoms with van der Waals surface area (Å²) in [6, 6.07) is 0.210. The SMILES string of the molecule is C[C@@H](N)CCNCCCCOC(=O)NCC(=O)NCCCCCCNC=NN. The number of carbonyl (C=O) groups excluding carboxylic acids is 2. The first-order valence-corrected chi connectivity index (χ1v) is 10.1. The van der Waals surface area contributed by atoms with Crippen LogP contribution in [0.3, 0.4) is 0 Å². The van der Waals surface area contributed by atoms with Crippen LogP contribution in [0.5, 0.6) is 0 Å². The molecule has 0 rings (SSSR count). The van der Waals surface area contributed by atoms with Gasteiger partial charge < -0.3 is 37.6 Å². The molecule has 0 aromatic rings. The van der Waals surface area contributed by atoms with Gasteiger partial charge in [0.25, 0.3) is 0 Å². The summed E-state index contributed by atoms with van der Waals surface area (Å²) in [5.41, 5.74) is 5.66. The van der Waals surface area contributed by atoms with Crippen LogP contribution in [0.25, 0.3) is 0 Å². The topological polar surface area (TPSA) is 156 Å². The highest BCUT2D eigenvalue weighted by molar-refractivity contribution is 5.82. The summed E-state index contributed by atoms with van der Waals surface area (Å²) < 4.78 is 5.03. The number of hydrazone groups is 1. The van der Waals surface area contributed by atoms with Crippen LogP contribution in [-0.4, -0.2) is 63.7 Å². The molecule has 28 heavy (non-hydrogen) atoms. The fraction of sp³-hybridized carbons (Fsp3) is 0.833. The molecule has 0 aromatic heterocycles. The molecule has 0 aliphatic rings. The molecule has 0 bridgehead atoms. The van der Waals surface area contributed by atoms with Gasteiger partial charge in [0.1, 0.15) is 6.34 Å². The molecule has 0 spiro atoms. The molecule has 0 heterocycles. The lowest BCUT2D eigenvalue weighted by Crippen LogP contribution is -2.37. The van der Waals surface area contributed by atoms with Crippen molar-refractivity contribution in [3.05, 3.63) is 0 Å². The maximum Gasteiger partial charge on any atom is 0.407 e. The zero-order valence-electron chi connectivity index (χ0n) is 17.2. The van der Waals surface area contributed by atoms with Gasteiger partial charge in [-0.05, 0) is 52.1 Å². The summed E-state index contributed by atoms with van der Waals surface area (Å²) in [5, 5.41) is 14.8. The van der Waals surface area contributed by atoms with E-state index in [-0.39, 0.29) is 18.5 Å². The minimum Gasteiger partial charge on any atom is -0.450 e. The Labute approximate surface area is 168 Å². The van der Waals surface area contributed by atoms with Gasteiger partial charge in [-0.2, -0.15) is 5.10 Å². The summed E-state index contributed by atoms with van der Waals surface area (Å²) in [4.78, 5) is 23.2. The summed E-state index contributed by atoms with van der Waals surface area (Å²) in [5.74, 6) is 4.75. The minimum absolute atomic E-state index is 0.0694. The van der Waals surface area contributed by atoms with Crippen molar-refractivity contribution in [2.45, 2.75) is 57.9 Å². The number of carbonyl (C=O) groups is 2. The van der Waals surface area contributed by atoms with E-state index in [4.69, 9.17) is 16.3 Å².